The number of ether oxygens (including phenoxy) is 3. The largest absolute Gasteiger partial charge is 0.376 e. The summed E-state index contributed by atoms with van der Waals surface area (Å²) in [4.78, 5) is 0. The minimum Gasteiger partial charge on any atom is -0.376 e. The fourth-order valence-electron chi connectivity index (χ4n) is 3.09. The van der Waals surface area contributed by atoms with Gasteiger partial charge >= 0.3 is 0 Å². The van der Waals surface area contributed by atoms with Crippen molar-refractivity contribution in [2.45, 2.75) is 26.7 Å². The van der Waals surface area contributed by atoms with Crippen molar-refractivity contribution < 1.29 is 14.2 Å². The number of rotatable bonds is 12. The van der Waals surface area contributed by atoms with Crippen molar-refractivity contribution in [2.75, 3.05) is 19.8 Å². The molecule has 0 saturated heterocycles. The topological polar surface area (TPSA) is 27.7 Å². The van der Waals surface area contributed by atoms with Gasteiger partial charge in [0.05, 0.1) is 39.6 Å². The van der Waals surface area contributed by atoms with E-state index in [-0.39, 0.29) is 5.41 Å². The number of hydrogen-bond acceptors (Lipinski definition) is 3. The van der Waals surface area contributed by atoms with Crippen molar-refractivity contribution in [3.8, 4) is 0 Å². The third kappa shape index (κ3) is 7.82. The molecule has 0 amide bonds. The van der Waals surface area contributed by atoms with Crippen molar-refractivity contribution in [1.29, 1.82) is 0 Å². The lowest BCUT2D eigenvalue weighted by Gasteiger charge is -2.29. The molecule has 3 nitrogen and oxygen atoms in total. The number of hydrogen-bond donors (Lipinski definition) is 0. The van der Waals surface area contributed by atoms with Gasteiger partial charge in [0.25, 0.3) is 0 Å². The maximum atomic E-state index is 6.03. The minimum absolute atomic E-state index is 0.224. The molecule has 0 bridgehead atoms. The summed E-state index contributed by atoms with van der Waals surface area (Å²) in [7, 11) is 0. The van der Waals surface area contributed by atoms with Crippen molar-refractivity contribution in [3.05, 3.63) is 108 Å². The van der Waals surface area contributed by atoms with Crippen molar-refractivity contribution in [1.82, 2.24) is 0 Å². The Bertz CT molecular complexity index is 692. The van der Waals surface area contributed by atoms with Crippen molar-refractivity contribution in [2.24, 2.45) is 5.41 Å². The summed E-state index contributed by atoms with van der Waals surface area (Å²) in [6.07, 6.45) is 0. The summed E-state index contributed by atoms with van der Waals surface area (Å²) in [6.45, 7) is 5.66. The Hall–Kier alpha value is -2.46. The van der Waals surface area contributed by atoms with Crippen LogP contribution < -0.4 is 0 Å². The fraction of sp³-hybridized carbons (Fsp3) is 0.308. The average molecular weight is 391 g/mol. The predicted octanol–water partition coefficient (Wildman–Crippen LogP) is 5.64. The van der Waals surface area contributed by atoms with E-state index in [4.69, 9.17) is 14.2 Å². The second kappa shape index (κ2) is 11.5. The van der Waals surface area contributed by atoms with Gasteiger partial charge in [-0.1, -0.05) is 97.9 Å². The van der Waals surface area contributed by atoms with Crippen LogP contribution in [0.3, 0.4) is 0 Å². The Kier molecular flexibility index (Phi) is 8.44. The highest BCUT2D eigenvalue weighted by Crippen LogP contribution is 2.21. The first-order valence-electron chi connectivity index (χ1n) is 10.1. The van der Waals surface area contributed by atoms with Crippen molar-refractivity contribution in [3.63, 3.8) is 0 Å². The molecule has 3 heteroatoms. The van der Waals surface area contributed by atoms with E-state index in [1.807, 2.05) is 54.6 Å². The summed E-state index contributed by atoms with van der Waals surface area (Å²) >= 11 is 0. The smallest absolute Gasteiger partial charge is 0.0717 e. The second-order valence-corrected chi connectivity index (χ2v) is 7.75. The molecule has 0 unspecified atom stereocenters. The van der Waals surface area contributed by atoms with Gasteiger partial charge < -0.3 is 14.2 Å². The molecule has 0 aliphatic carbocycles. The summed E-state index contributed by atoms with van der Waals surface area (Å²) < 4.78 is 18.1. The zero-order valence-electron chi connectivity index (χ0n) is 17.1. The molecule has 3 aromatic carbocycles. The third-order valence-corrected chi connectivity index (χ3v) is 4.69. The molecule has 0 N–H and O–H groups in total. The molecule has 0 atom stereocenters. The fourth-order valence-corrected chi connectivity index (χ4v) is 3.09. The zero-order valence-corrected chi connectivity index (χ0v) is 17.1. The molecule has 0 aliphatic rings. The summed E-state index contributed by atoms with van der Waals surface area (Å²) in [5.41, 5.74) is 3.29. The molecule has 152 valence electrons. The lowest BCUT2D eigenvalue weighted by molar-refractivity contribution is -0.0706. The van der Waals surface area contributed by atoms with Gasteiger partial charge in [0.15, 0.2) is 0 Å². The molecule has 0 heterocycles. The zero-order chi connectivity index (χ0) is 20.2. The maximum absolute atomic E-state index is 6.03. The summed E-state index contributed by atoms with van der Waals surface area (Å²) in [5, 5.41) is 0. The Labute approximate surface area is 174 Å². The lowest BCUT2D eigenvalue weighted by Crippen LogP contribution is -2.34. The van der Waals surface area contributed by atoms with E-state index in [0.29, 0.717) is 39.6 Å². The van der Waals surface area contributed by atoms with Crippen LogP contribution in [0.4, 0.5) is 0 Å². The molecule has 0 spiro atoms. The van der Waals surface area contributed by atoms with Gasteiger partial charge in [-0.25, -0.2) is 0 Å². The van der Waals surface area contributed by atoms with E-state index in [2.05, 4.69) is 43.3 Å². The molecule has 0 fully saturated rings. The Balaban J connectivity index is 1.51. The predicted molar refractivity (Wildman–Crippen MR) is 116 cm³/mol. The number of benzene rings is 3. The second-order valence-electron chi connectivity index (χ2n) is 7.75. The highest BCUT2D eigenvalue weighted by atomic mass is 16.5. The maximum Gasteiger partial charge on any atom is 0.0717 e. The van der Waals surface area contributed by atoms with E-state index in [9.17, 15) is 0 Å². The molecule has 0 saturated carbocycles. The highest BCUT2D eigenvalue weighted by molar-refractivity contribution is 5.15. The van der Waals surface area contributed by atoms with E-state index in [1.165, 1.54) is 16.7 Å². The van der Waals surface area contributed by atoms with Crippen LogP contribution in [0, 0.1) is 5.41 Å². The molecular weight excluding hydrogens is 360 g/mol. The van der Waals surface area contributed by atoms with Crippen LogP contribution in [0.25, 0.3) is 0 Å². The van der Waals surface area contributed by atoms with E-state index < -0.39 is 0 Å². The van der Waals surface area contributed by atoms with Gasteiger partial charge in [-0.05, 0) is 16.7 Å². The van der Waals surface area contributed by atoms with Crippen LogP contribution in [-0.4, -0.2) is 19.8 Å². The monoisotopic (exact) mass is 390 g/mol. The first kappa shape index (κ1) is 21.3. The van der Waals surface area contributed by atoms with Crippen LogP contribution >= 0.6 is 0 Å². The average Bonchev–Trinajstić information content (AvgIpc) is 2.76. The van der Waals surface area contributed by atoms with E-state index in [1.54, 1.807) is 0 Å². The molecule has 3 aromatic rings. The van der Waals surface area contributed by atoms with Crippen LogP contribution in [0.15, 0.2) is 91.0 Å². The van der Waals surface area contributed by atoms with Gasteiger partial charge in [0.1, 0.15) is 0 Å². The lowest BCUT2D eigenvalue weighted by atomic mass is 9.94. The molecule has 0 radical (unpaired) electrons. The molecule has 3 rings (SSSR count). The molecule has 29 heavy (non-hydrogen) atoms. The van der Waals surface area contributed by atoms with Gasteiger partial charge in [-0.2, -0.15) is 0 Å². The highest BCUT2D eigenvalue weighted by Gasteiger charge is 2.26. The Morgan fingerprint density at radius 3 is 1.03 bits per heavy atom. The molecule has 0 aliphatic heterocycles. The van der Waals surface area contributed by atoms with E-state index >= 15 is 0 Å². The molecular formula is C26H30O3. The van der Waals surface area contributed by atoms with Gasteiger partial charge in [0.2, 0.25) is 0 Å². The summed E-state index contributed by atoms with van der Waals surface area (Å²) in [5.74, 6) is 0. The van der Waals surface area contributed by atoms with Crippen LogP contribution in [0.2, 0.25) is 0 Å². The van der Waals surface area contributed by atoms with Gasteiger partial charge in [-0.15, -0.1) is 0 Å². The normalized spacial score (nSPS) is 11.5. The minimum atomic E-state index is -0.224. The summed E-state index contributed by atoms with van der Waals surface area (Å²) in [6, 6.07) is 30.7. The van der Waals surface area contributed by atoms with E-state index in [0.717, 1.165) is 0 Å². The van der Waals surface area contributed by atoms with Gasteiger partial charge in [-0.3, -0.25) is 0 Å². The SMILES string of the molecule is CC(COCc1ccccc1)(COCc1ccccc1)COCc1ccccc1. The quantitative estimate of drug-likeness (QED) is 0.400. The Morgan fingerprint density at radius 2 is 0.759 bits per heavy atom. The van der Waals surface area contributed by atoms with Crippen molar-refractivity contribution >= 4 is 0 Å². The first-order valence-corrected chi connectivity index (χ1v) is 10.1. The Morgan fingerprint density at radius 1 is 0.483 bits per heavy atom. The standard InChI is InChI=1S/C26H30O3/c1-26(20-27-17-23-11-5-2-6-12-23,21-28-18-24-13-7-3-8-14-24)22-29-19-25-15-9-4-10-16-25/h2-16H,17-22H2,1H3. The van der Waals surface area contributed by atoms with Crippen LogP contribution in [-0.2, 0) is 34.0 Å². The third-order valence-electron chi connectivity index (χ3n) is 4.69. The first-order chi connectivity index (χ1) is 14.2. The molecule has 0 aromatic heterocycles. The van der Waals surface area contributed by atoms with Gasteiger partial charge in [0, 0.05) is 5.41 Å². The van der Waals surface area contributed by atoms with Crippen LogP contribution in [0.5, 0.6) is 0 Å². The van der Waals surface area contributed by atoms with Crippen LogP contribution in [0.1, 0.15) is 23.6 Å².